The van der Waals surface area contributed by atoms with E-state index >= 15 is 0 Å². The van der Waals surface area contributed by atoms with Crippen molar-refractivity contribution in [3.05, 3.63) is 59.7 Å². The highest BCUT2D eigenvalue weighted by atomic mass is 16.2. The van der Waals surface area contributed by atoms with Gasteiger partial charge in [0.2, 0.25) is 11.8 Å². The van der Waals surface area contributed by atoms with E-state index in [-0.39, 0.29) is 36.5 Å². The van der Waals surface area contributed by atoms with Crippen LogP contribution in [0.1, 0.15) is 53.8 Å². The minimum absolute atomic E-state index is 0.120. The molecule has 0 aromatic heterocycles. The van der Waals surface area contributed by atoms with E-state index in [2.05, 4.69) is 21.3 Å². The van der Waals surface area contributed by atoms with Gasteiger partial charge in [-0.15, -0.1) is 0 Å². The summed E-state index contributed by atoms with van der Waals surface area (Å²) in [6.45, 7) is 4.61. The van der Waals surface area contributed by atoms with E-state index in [9.17, 15) is 19.2 Å². The average molecular weight is 425 g/mol. The number of hydrogen-bond donors (Lipinski definition) is 4. The third-order valence-corrected chi connectivity index (χ3v) is 4.37. The van der Waals surface area contributed by atoms with Gasteiger partial charge in [-0.1, -0.05) is 24.3 Å². The van der Waals surface area contributed by atoms with Crippen LogP contribution in [0.4, 0.5) is 11.4 Å². The van der Waals surface area contributed by atoms with Crippen LogP contribution in [-0.2, 0) is 9.59 Å². The third-order valence-electron chi connectivity index (χ3n) is 4.37. The normalized spacial score (nSPS) is 10.1. The number of carbonyl (C=O) groups is 4. The van der Waals surface area contributed by atoms with Crippen molar-refractivity contribution in [1.29, 1.82) is 0 Å². The molecule has 8 nitrogen and oxygen atoms in total. The van der Waals surface area contributed by atoms with Gasteiger partial charge in [-0.3, -0.25) is 19.2 Å². The van der Waals surface area contributed by atoms with Crippen molar-refractivity contribution < 1.29 is 19.2 Å². The predicted octanol–water partition coefficient (Wildman–Crippen LogP) is 2.93. The number of anilines is 2. The highest BCUT2D eigenvalue weighted by molar-refractivity contribution is 6.05. The highest BCUT2D eigenvalue weighted by Crippen LogP contribution is 2.17. The van der Waals surface area contributed by atoms with Crippen LogP contribution in [0.25, 0.3) is 0 Å². The number of carbonyl (C=O) groups excluding carboxylic acids is 4. The van der Waals surface area contributed by atoms with Crippen molar-refractivity contribution in [2.24, 2.45) is 0 Å². The number of benzene rings is 2. The maximum Gasteiger partial charge on any atom is 0.253 e. The lowest BCUT2D eigenvalue weighted by molar-refractivity contribution is -0.117. The first-order valence-electron chi connectivity index (χ1n) is 10.3. The van der Waals surface area contributed by atoms with Crippen LogP contribution in [0.5, 0.6) is 0 Å². The van der Waals surface area contributed by atoms with Crippen molar-refractivity contribution in [3.8, 4) is 0 Å². The van der Waals surface area contributed by atoms with Crippen molar-refractivity contribution in [3.63, 3.8) is 0 Å². The number of hydrogen-bond acceptors (Lipinski definition) is 4. The fraction of sp³-hybridized carbons (Fsp3) is 0.304. The molecule has 164 valence electrons. The van der Waals surface area contributed by atoms with E-state index in [0.717, 1.165) is 0 Å². The van der Waals surface area contributed by atoms with Crippen LogP contribution >= 0.6 is 0 Å². The zero-order valence-corrected chi connectivity index (χ0v) is 17.8. The van der Waals surface area contributed by atoms with Crippen molar-refractivity contribution in [2.75, 3.05) is 23.7 Å². The number of para-hydroxylation sites is 2. The average Bonchev–Trinajstić information content (AvgIpc) is 2.74. The molecule has 2 aromatic rings. The summed E-state index contributed by atoms with van der Waals surface area (Å²) >= 11 is 0. The molecule has 0 fully saturated rings. The fourth-order valence-corrected chi connectivity index (χ4v) is 2.93. The summed E-state index contributed by atoms with van der Waals surface area (Å²) in [5, 5.41) is 10.9. The zero-order valence-electron chi connectivity index (χ0n) is 17.8. The summed E-state index contributed by atoms with van der Waals surface area (Å²) in [7, 11) is 0. The number of amides is 4. The highest BCUT2D eigenvalue weighted by Gasteiger charge is 2.14. The van der Waals surface area contributed by atoms with Crippen LogP contribution in [0.15, 0.2) is 48.5 Å². The molecule has 0 radical (unpaired) electrons. The summed E-state index contributed by atoms with van der Waals surface area (Å²) in [6.07, 6.45) is 0.564. The molecular formula is C23H28N4O4. The van der Waals surface area contributed by atoms with Crippen molar-refractivity contribution in [2.45, 2.75) is 33.1 Å². The summed E-state index contributed by atoms with van der Waals surface area (Å²) in [5.41, 5.74) is 1.63. The van der Waals surface area contributed by atoms with Crippen molar-refractivity contribution in [1.82, 2.24) is 10.6 Å². The van der Waals surface area contributed by atoms with E-state index in [1.165, 1.54) is 0 Å². The third kappa shape index (κ3) is 7.26. The molecule has 0 unspecified atom stereocenters. The SMILES string of the molecule is CCNC(=O)c1ccccc1NC(=O)CCCC(=O)Nc1ccccc1C(=O)NCC. The summed E-state index contributed by atoms with van der Waals surface area (Å²) in [4.78, 5) is 48.7. The van der Waals surface area contributed by atoms with Gasteiger partial charge in [-0.25, -0.2) is 0 Å². The van der Waals surface area contributed by atoms with Gasteiger partial charge >= 0.3 is 0 Å². The van der Waals surface area contributed by atoms with Gasteiger partial charge in [0.15, 0.2) is 0 Å². The second-order valence-corrected chi connectivity index (χ2v) is 6.76. The van der Waals surface area contributed by atoms with Gasteiger partial charge in [-0.05, 0) is 44.5 Å². The van der Waals surface area contributed by atoms with Crippen LogP contribution in [-0.4, -0.2) is 36.7 Å². The molecule has 8 heteroatoms. The Morgan fingerprint density at radius 3 is 1.42 bits per heavy atom. The van der Waals surface area contributed by atoms with Gasteiger partial charge in [-0.2, -0.15) is 0 Å². The molecule has 2 aromatic carbocycles. The minimum Gasteiger partial charge on any atom is -0.352 e. The smallest absolute Gasteiger partial charge is 0.253 e. The fourth-order valence-electron chi connectivity index (χ4n) is 2.93. The van der Waals surface area contributed by atoms with Gasteiger partial charge < -0.3 is 21.3 Å². The van der Waals surface area contributed by atoms with Crippen LogP contribution in [0, 0.1) is 0 Å². The molecule has 0 bridgehead atoms. The second kappa shape index (κ2) is 12.1. The van der Waals surface area contributed by atoms with E-state index in [0.29, 0.717) is 42.0 Å². The maximum absolute atomic E-state index is 12.3. The molecule has 4 amide bonds. The van der Waals surface area contributed by atoms with Gasteiger partial charge in [0.25, 0.3) is 11.8 Å². The molecule has 0 atom stereocenters. The van der Waals surface area contributed by atoms with Crippen LogP contribution in [0.2, 0.25) is 0 Å². The standard InChI is InChI=1S/C23H28N4O4/c1-3-24-22(30)16-10-5-7-12-18(16)26-20(28)14-9-15-21(29)27-19-13-8-6-11-17(19)23(31)25-4-2/h5-8,10-13H,3-4,9,14-15H2,1-2H3,(H,24,30)(H,25,31)(H,26,28)(H,27,29). The number of rotatable bonds is 10. The molecule has 4 N–H and O–H groups in total. The Hall–Kier alpha value is -3.68. The monoisotopic (exact) mass is 424 g/mol. The molecule has 0 saturated heterocycles. The summed E-state index contributed by atoms with van der Waals surface area (Å²) < 4.78 is 0. The molecule has 0 aliphatic carbocycles. The lowest BCUT2D eigenvalue weighted by Crippen LogP contribution is -2.25. The Morgan fingerprint density at radius 2 is 1.03 bits per heavy atom. The first-order chi connectivity index (χ1) is 15.0. The Balaban J connectivity index is 1.87. The van der Waals surface area contributed by atoms with E-state index < -0.39 is 0 Å². The Labute approximate surface area is 181 Å². The molecule has 0 aliphatic rings. The first-order valence-corrected chi connectivity index (χ1v) is 10.3. The van der Waals surface area contributed by atoms with Gasteiger partial charge in [0.05, 0.1) is 22.5 Å². The minimum atomic E-state index is -0.285. The molecule has 2 rings (SSSR count). The van der Waals surface area contributed by atoms with Gasteiger partial charge in [0.1, 0.15) is 0 Å². The lowest BCUT2D eigenvalue weighted by Gasteiger charge is -2.12. The second-order valence-electron chi connectivity index (χ2n) is 6.76. The lowest BCUT2D eigenvalue weighted by atomic mass is 10.1. The Bertz CT molecular complexity index is 867. The largest absolute Gasteiger partial charge is 0.352 e. The predicted molar refractivity (Wildman–Crippen MR) is 120 cm³/mol. The van der Waals surface area contributed by atoms with E-state index in [1.54, 1.807) is 48.5 Å². The summed E-state index contributed by atoms with van der Waals surface area (Å²) in [5.74, 6) is -1.09. The number of nitrogens with one attached hydrogen (secondary N) is 4. The van der Waals surface area contributed by atoms with Crippen LogP contribution in [0.3, 0.4) is 0 Å². The Kier molecular flexibility index (Phi) is 9.22. The van der Waals surface area contributed by atoms with E-state index in [4.69, 9.17) is 0 Å². The first kappa shape index (κ1) is 23.6. The van der Waals surface area contributed by atoms with Gasteiger partial charge in [0, 0.05) is 25.9 Å². The topological polar surface area (TPSA) is 116 Å². The molecular weight excluding hydrogens is 396 g/mol. The molecule has 31 heavy (non-hydrogen) atoms. The molecule has 0 heterocycles. The van der Waals surface area contributed by atoms with Crippen molar-refractivity contribution >= 4 is 35.0 Å². The summed E-state index contributed by atoms with van der Waals surface area (Å²) in [6, 6.07) is 13.5. The molecule has 0 spiro atoms. The zero-order chi connectivity index (χ0) is 22.6. The quantitative estimate of drug-likeness (QED) is 0.469. The van der Waals surface area contributed by atoms with Crippen LogP contribution < -0.4 is 21.3 Å². The Morgan fingerprint density at radius 1 is 0.645 bits per heavy atom. The van der Waals surface area contributed by atoms with E-state index in [1.807, 2.05) is 13.8 Å². The molecule has 0 saturated carbocycles. The maximum atomic E-state index is 12.3. The molecule has 0 aliphatic heterocycles.